The Morgan fingerprint density at radius 1 is 1.21 bits per heavy atom. The van der Waals surface area contributed by atoms with Crippen molar-refractivity contribution in [3.63, 3.8) is 0 Å². The van der Waals surface area contributed by atoms with Crippen LogP contribution in [0, 0.1) is 5.82 Å². The summed E-state index contributed by atoms with van der Waals surface area (Å²) in [6.07, 6.45) is 0. The molecule has 0 aliphatic carbocycles. The topological polar surface area (TPSA) is 64.3 Å². The Kier molecular flexibility index (Phi) is 3.97. The molecule has 0 heterocycles. The smallest absolute Gasteiger partial charge is 0.262 e. The average molecular weight is 260 g/mol. The van der Waals surface area contributed by atoms with E-state index in [2.05, 4.69) is 5.32 Å². The van der Waals surface area contributed by atoms with E-state index in [0.717, 1.165) is 0 Å². The largest absolute Gasteiger partial charge is 0.484 e. The van der Waals surface area contributed by atoms with Gasteiger partial charge in [0.15, 0.2) is 6.61 Å². The highest BCUT2D eigenvalue weighted by Crippen LogP contribution is 2.15. The standard InChI is InChI=1S/C14H13FN2O2/c15-10-6-11(16)8-12(7-10)17-14(18)9-19-13-4-2-1-3-5-13/h1-8H,9,16H2,(H,17,18). The van der Waals surface area contributed by atoms with E-state index in [1.807, 2.05) is 6.07 Å². The molecule has 0 atom stereocenters. The van der Waals surface area contributed by atoms with Gasteiger partial charge in [-0.1, -0.05) is 18.2 Å². The monoisotopic (exact) mass is 260 g/mol. The number of carbonyl (C=O) groups is 1. The van der Waals surface area contributed by atoms with Crippen molar-refractivity contribution in [2.75, 3.05) is 17.7 Å². The van der Waals surface area contributed by atoms with Gasteiger partial charge in [-0.3, -0.25) is 4.79 Å². The van der Waals surface area contributed by atoms with Crippen molar-refractivity contribution < 1.29 is 13.9 Å². The maximum Gasteiger partial charge on any atom is 0.262 e. The Labute approximate surface area is 110 Å². The lowest BCUT2D eigenvalue weighted by Gasteiger charge is -2.08. The van der Waals surface area contributed by atoms with E-state index in [-0.39, 0.29) is 18.2 Å². The number of amides is 1. The number of ether oxygens (including phenoxy) is 1. The van der Waals surface area contributed by atoms with Gasteiger partial charge in [0.25, 0.3) is 5.91 Å². The molecule has 0 unspecified atom stereocenters. The highest BCUT2D eigenvalue weighted by molar-refractivity contribution is 5.92. The number of nitrogens with one attached hydrogen (secondary N) is 1. The molecule has 4 nitrogen and oxygen atoms in total. The first-order valence-corrected chi connectivity index (χ1v) is 5.67. The Balaban J connectivity index is 1.91. The molecule has 19 heavy (non-hydrogen) atoms. The predicted molar refractivity (Wildman–Crippen MR) is 71.4 cm³/mol. The normalized spacial score (nSPS) is 9.95. The lowest BCUT2D eigenvalue weighted by atomic mass is 10.2. The first-order chi connectivity index (χ1) is 9.13. The molecule has 5 heteroatoms. The maximum atomic E-state index is 13.1. The zero-order chi connectivity index (χ0) is 13.7. The first-order valence-electron chi connectivity index (χ1n) is 5.67. The molecule has 0 radical (unpaired) electrons. The van der Waals surface area contributed by atoms with Gasteiger partial charge in [-0.2, -0.15) is 0 Å². The van der Waals surface area contributed by atoms with Gasteiger partial charge in [0, 0.05) is 11.4 Å². The summed E-state index contributed by atoms with van der Waals surface area (Å²) in [5.74, 6) is -0.287. The van der Waals surface area contributed by atoms with Gasteiger partial charge in [-0.15, -0.1) is 0 Å². The highest BCUT2D eigenvalue weighted by Gasteiger charge is 2.05. The lowest BCUT2D eigenvalue weighted by molar-refractivity contribution is -0.118. The van der Waals surface area contributed by atoms with E-state index in [4.69, 9.17) is 10.5 Å². The number of rotatable bonds is 4. The van der Waals surface area contributed by atoms with Crippen molar-refractivity contribution in [3.05, 3.63) is 54.3 Å². The van der Waals surface area contributed by atoms with Crippen molar-refractivity contribution in [2.45, 2.75) is 0 Å². The molecule has 0 saturated heterocycles. The molecule has 0 saturated carbocycles. The van der Waals surface area contributed by atoms with Crippen molar-refractivity contribution in [1.29, 1.82) is 0 Å². The van der Waals surface area contributed by atoms with Crippen LogP contribution >= 0.6 is 0 Å². The number of hydrogen-bond donors (Lipinski definition) is 2. The number of anilines is 2. The van der Waals surface area contributed by atoms with Gasteiger partial charge < -0.3 is 15.8 Å². The fourth-order valence-electron chi connectivity index (χ4n) is 1.55. The Morgan fingerprint density at radius 3 is 2.63 bits per heavy atom. The second-order valence-electron chi connectivity index (χ2n) is 3.92. The maximum absolute atomic E-state index is 13.1. The van der Waals surface area contributed by atoms with Gasteiger partial charge in [0.1, 0.15) is 11.6 Å². The van der Waals surface area contributed by atoms with Crippen LogP contribution in [0.25, 0.3) is 0 Å². The summed E-state index contributed by atoms with van der Waals surface area (Å²) < 4.78 is 18.3. The third-order valence-corrected chi connectivity index (χ3v) is 2.32. The Hall–Kier alpha value is -2.56. The van der Waals surface area contributed by atoms with Gasteiger partial charge >= 0.3 is 0 Å². The Bertz CT molecular complexity index is 553. The molecule has 2 aromatic carbocycles. The van der Waals surface area contributed by atoms with Crippen LogP contribution in [0.1, 0.15) is 0 Å². The molecule has 1 amide bonds. The van der Waals surface area contributed by atoms with Crippen molar-refractivity contribution in [1.82, 2.24) is 0 Å². The van der Waals surface area contributed by atoms with Gasteiger partial charge in [0.2, 0.25) is 0 Å². The van der Waals surface area contributed by atoms with Gasteiger partial charge in [-0.25, -0.2) is 4.39 Å². The number of benzene rings is 2. The van der Waals surface area contributed by atoms with E-state index < -0.39 is 5.82 Å². The number of nitrogen functional groups attached to an aromatic ring is 1. The molecular formula is C14H13FN2O2. The molecule has 0 aliphatic rings. The fourth-order valence-corrected chi connectivity index (χ4v) is 1.55. The van der Waals surface area contributed by atoms with Crippen molar-refractivity contribution >= 4 is 17.3 Å². The van der Waals surface area contributed by atoms with Crippen LogP contribution < -0.4 is 15.8 Å². The SMILES string of the molecule is Nc1cc(F)cc(NC(=O)COc2ccccc2)c1. The second kappa shape index (κ2) is 5.86. The van der Waals surface area contributed by atoms with E-state index in [0.29, 0.717) is 11.4 Å². The number of hydrogen-bond acceptors (Lipinski definition) is 3. The van der Waals surface area contributed by atoms with Crippen LogP contribution in [0.15, 0.2) is 48.5 Å². The molecule has 0 aromatic heterocycles. The van der Waals surface area contributed by atoms with E-state index >= 15 is 0 Å². The van der Waals surface area contributed by atoms with Gasteiger partial charge in [0.05, 0.1) is 0 Å². The number of para-hydroxylation sites is 1. The number of nitrogens with two attached hydrogens (primary N) is 1. The molecule has 98 valence electrons. The summed E-state index contributed by atoms with van der Waals surface area (Å²) in [5.41, 5.74) is 6.03. The Morgan fingerprint density at radius 2 is 1.95 bits per heavy atom. The predicted octanol–water partition coefficient (Wildman–Crippen LogP) is 2.43. The summed E-state index contributed by atoms with van der Waals surface area (Å²) in [6, 6.07) is 12.8. The quantitative estimate of drug-likeness (QED) is 0.830. The summed E-state index contributed by atoms with van der Waals surface area (Å²) in [4.78, 5) is 11.6. The first kappa shape index (κ1) is 12.9. The molecule has 0 spiro atoms. The number of carbonyl (C=O) groups excluding carboxylic acids is 1. The molecular weight excluding hydrogens is 247 g/mol. The average Bonchev–Trinajstić information content (AvgIpc) is 2.36. The lowest BCUT2D eigenvalue weighted by Crippen LogP contribution is -2.20. The minimum atomic E-state index is -0.501. The van der Waals surface area contributed by atoms with E-state index in [9.17, 15) is 9.18 Å². The summed E-state index contributed by atoms with van der Waals surface area (Å²) >= 11 is 0. The molecule has 2 aromatic rings. The van der Waals surface area contributed by atoms with Crippen LogP contribution in [0.5, 0.6) is 5.75 Å². The van der Waals surface area contributed by atoms with Crippen LogP contribution in [-0.2, 0) is 4.79 Å². The molecule has 0 bridgehead atoms. The molecule has 0 fully saturated rings. The van der Waals surface area contributed by atoms with Crippen LogP contribution in [0.2, 0.25) is 0 Å². The van der Waals surface area contributed by atoms with Crippen molar-refractivity contribution in [3.8, 4) is 5.75 Å². The van der Waals surface area contributed by atoms with Gasteiger partial charge in [-0.05, 0) is 30.3 Å². The number of halogens is 1. The zero-order valence-electron chi connectivity index (χ0n) is 10.1. The van der Waals surface area contributed by atoms with Crippen LogP contribution in [0.4, 0.5) is 15.8 Å². The second-order valence-corrected chi connectivity index (χ2v) is 3.92. The van der Waals surface area contributed by atoms with E-state index in [1.165, 1.54) is 18.2 Å². The summed E-state index contributed by atoms with van der Waals surface area (Å²) in [6.45, 7) is -0.152. The third kappa shape index (κ3) is 3.99. The minimum Gasteiger partial charge on any atom is -0.484 e. The molecule has 0 aliphatic heterocycles. The van der Waals surface area contributed by atoms with E-state index in [1.54, 1.807) is 24.3 Å². The summed E-state index contributed by atoms with van der Waals surface area (Å²) in [7, 11) is 0. The minimum absolute atomic E-state index is 0.152. The van der Waals surface area contributed by atoms with Crippen molar-refractivity contribution in [2.24, 2.45) is 0 Å². The fraction of sp³-hybridized carbons (Fsp3) is 0.0714. The molecule has 2 rings (SSSR count). The third-order valence-electron chi connectivity index (χ3n) is 2.32. The van der Waals surface area contributed by atoms with Crippen LogP contribution in [0.3, 0.4) is 0 Å². The summed E-state index contributed by atoms with van der Waals surface area (Å²) in [5, 5.41) is 2.51. The zero-order valence-corrected chi connectivity index (χ0v) is 10.1. The van der Waals surface area contributed by atoms with Crippen LogP contribution in [-0.4, -0.2) is 12.5 Å². The highest BCUT2D eigenvalue weighted by atomic mass is 19.1. The molecule has 3 N–H and O–H groups in total.